The summed E-state index contributed by atoms with van der Waals surface area (Å²) in [6, 6.07) is 0. The summed E-state index contributed by atoms with van der Waals surface area (Å²) in [5.74, 6) is -1.85. The minimum absolute atomic E-state index is 0.324. The van der Waals surface area contributed by atoms with Crippen LogP contribution in [0.5, 0.6) is 0 Å². The Balaban J connectivity index is 2.50. The Labute approximate surface area is 65.0 Å². The van der Waals surface area contributed by atoms with Crippen molar-refractivity contribution in [3.63, 3.8) is 0 Å². The highest BCUT2D eigenvalue weighted by molar-refractivity contribution is 4.73. The smallest absolute Gasteiger partial charge is 0.309 e. The highest BCUT2D eigenvalue weighted by atomic mass is 17.1. The van der Waals surface area contributed by atoms with Gasteiger partial charge in [0.05, 0.1) is 0 Å². The monoisotopic (exact) mass is 180 g/mol. The molecule has 1 rings (SSSR count). The average molecular weight is 180 g/mol. The largest absolute Gasteiger partial charge is 0.372 e. The Morgan fingerprint density at radius 3 is 1.75 bits per heavy atom. The summed E-state index contributed by atoms with van der Waals surface area (Å²) in [6.45, 7) is -0.649. The number of rotatable bonds is 4. The standard InChI is InChI=1S/C3H4N2O7/c6-4(7)11-3(1-10-2-3)12-5(8)9/h1-2H2. The summed E-state index contributed by atoms with van der Waals surface area (Å²) >= 11 is 0. The fourth-order valence-corrected chi connectivity index (χ4v) is 0.662. The lowest BCUT2D eigenvalue weighted by atomic mass is 10.2. The van der Waals surface area contributed by atoms with Crippen molar-refractivity contribution >= 4 is 0 Å². The van der Waals surface area contributed by atoms with E-state index < -0.39 is 16.0 Å². The van der Waals surface area contributed by atoms with Gasteiger partial charge in [-0.15, -0.1) is 20.2 Å². The predicted molar refractivity (Wildman–Crippen MR) is 29.7 cm³/mol. The van der Waals surface area contributed by atoms with Crippen LogP contribution in [0.4, 0.5) is 0 Å². The molecule has 0 unspecified atom stereocenters. The topological polar surface area (TPSA) is 114 Å². The lowest BCUT2D eigenvalue weighted by Gasteiger charge is -2.35. The SMILES string of the molecule is O=[N+]([O-])OC1(O[N+](=O)[O-])COC1. The second-order valence-corrected chi connectivity index (χ2v) is 2.03. The molecular weight excluding hydrogens is 176 g/mol. The summed E-state index contributed by atoms with van der Waals surface area (Å²) in [5.41, 5.74) is 0. The second kappa shape index (κ2) is 2.77. The summed E-state index contributed by atoms with van der Waals surface area (Å²) in [6.07, 6.45) is 0. The molecule has 1 aliphatic rings. The normalized spacial score (nSPS) is 19.0. The molecule has 0 bridgehead atoms. The molecule has 1 saturated heterocycles. The van der Waals surface area contributed by atoms with Crippen molar-refractivity contribution in [2.75, 3.05) is 13.2 Å². The third-order valence-electron chi connectivity index (χ3n) is 1.13. The number of ether oxygens (including phenoxy) is 1. The van der Waals surface area contributed by atoms with Gasteiger partial charge in [0.2, 0.25) is 0 Å². The van der Waals surface area contributed by atoms with Gasteiger partial charge in [0.15, 0.2) is 0 Å². The van der Waals surface area contributed by atoms with Gasteiger partial charge in [-0.2, -0.15) is 0 Å². The van der Waals surface area contributed by atoms with Gasteiger partial charge >= 0.3 is 5.79 Å². The van der Waals surface area contributed by atoms with Gasteiger partial charge in [-0.25, -0.2) is 0 Å². The number of hydrogen-bond donors (Lipinski definition) is 0. The molecule has 0 aromatic carbocycles. The zero-order valence-electron chi connectivity index (χ0n) is 5.67. The van der Waals surface area contributed by atoms with Crippen LogP contribution in [0.15, 0.2) is 0 Å². The molecule has 0 aromatic rings. The van der Waals surface area contributed by atoms with Crippen molar-refractivity contribution in [3.05, 3.63) is 20.2 Å². The van der Waals surface area contributed by atoms with Gasteiger partial charge in [-0.1, -0.05) is 0 Å². The number of nitrogens with zero attached hydrogens (tertiary/aromatic N) is 2. The maximum Gasteiger partial charge on any atom is 0.309 e. The first-order valence-corrected chi connectivity index (χ1v) is 2.79. The van der Waals surface area contributed by atoms with Crippen LogP contribution in [0, 0.1) is 20.2 Å². The van der Waals surface area contributed by atoms with E-state index in [2.05, 4.69) is 14.4 Å². The summed E-state index contributed by atoms with van der Waals surface area (Å²) in [7, 11) is 0. The zero-order chi connectivity index (χ0) is 9.19. The minimum atomic E-state index is -1.85. The predicted octanol–water partition coefficient (Wildman–Crippen LogP) is -0.871. The van der Waals surface area contributed by atoms with E-state index in [1.54, 1.807) is 0 Å². The third kappa shape index (κ3) is 1.69. The van der Waals surface area contributed by atoms with Crippen molar-refractivity contribution in [1.82, 2.24) is 0 Å². The van der Waals surface area contributed by atoms with E-state index in [0.717, 1.165) is 0 Å². The molecule has 0 saturated carbocycles. The van der Waals surface area contributed by atoms with E-state index in [4.69, 9.17) is 0 Å². The first-order valence-electron chi connectivity index (χ1n) is 2.79. The average Bonchev–Trinajstić information content (AvgIpc) is 1.80. The first kappa shape index (κ1) is 8.46. The Hall–Kier alpha value is -1.64. The van der Waals surface area contributed by atoms with Gasteiger partial charge in [0.25, 0.3) is 10.2 Å². The molecule has 0 amide bonds. The van der Waals surface area contributed by atoms with Gasteiger partial charge in [-0.05, 0) is 0 Å². The third-order valence-corrected chi connectivity index (χ3v) is 1.13. The fourth-order valence-electron chi connectivity index (χ4n) is 0.662. The van der Waals surface area contributed by atoms with E-state index in [1.807, 2.05) is 0 Å². The van der Waals surface area contributed by atoms with E-state index in [-0.39, 0.29) is 13.2 Å². The minimum Gasteiger partial charge on any atom is -0.372 e. The second-order valence-electron chi connectivity index (χ2n) is 2.03. The molecule has 12 heavy (non-hydrogen) atoms. The Morgan fingerprint density at radius 2 is 1.58 bits per heavy atom. The number of hydrogen-bond acceptors (Lipinski definition) is 7. The molecule has 1 aliphatic heterocycles. The lowest BCUT2D eigenvalue weighted by Crippen LogP contribution is -2.56. The van der Waals surface area contributed by atoms with Crippen molar-refractivity contribution in [1.29, 1.82) is 0 Å². The summed E-state index contributed by atoms with van der Waals surface area (Å²) < 4.78 is 4.48. The van der Waals surface area contributed by atoms with Crippen LogP contribution < -0.4 is 0 Å². The fraction of sp³-hybridized carbons (Fsp3) is 1.00. The molecule has 0 N–H and O–H groups in total. The van der Waals surface area contributed by atoms with Crippen LogP contribution in [-0.4, -0.2) is 29.2 Å². The van der Waals surface area contributed by atoms with Crippen LogP contribution in [0.25, 0.3) is 0 Å². The first-order chi connectivity index (χ1) is 5.54. The van der Waals surface area contributed by atoms with E-state index in [1.165, 1.54) is 0 Å². The maximum absolute atomic E-state index is 9.81. The van der Waals surface area contributed by atoms with Gasteiger partial charge in [0.1, 0.15) is 13.2 Å². The molecular formula is C3H4N2O7. The van der Waals surface area contributed by atoms with Crippen LogP contribution in [0.1, 0.15) is 0 Å². The van der Waals surface area contributed by atoms with Crippen molar-refractivity contribution in [2.24, 2.45) is 0 Å². The molecule has 68 valence electrons. The van der Waals surface area contributed by atoms with Gasteiger partial charge < -0.3 is 4.74 Å². The lowest BCUT2D eigenvalue weighted by molar-refractivity contribution is -0.882. The Morgan fingerprint density at radius 1 is 1.17 bits per heavy atom. The molecule has 0 aliphatic carbocycles. The molecule has 0 radical (unpaired) electrons. The molecule has 0 aromatic heterocycles. The Bertz CT molecular complexity index is 193. The quantitative estimate of drug-likeness (QED) is 0.313. The molecule has 9 nitrogen and oxygen atoms in total. The van der Waals surface area contributed by atoms with Crippen LogP contribution in [0.2, 0.25) is 0 Å². The molecule has 1 heterocycles. The highest BCUT2D eigenvalue weighted by Gasteiger charge is 2.47. The molecule has 1 fully saturated rings. The van der Waals surface area contributed by atoms with Crippen molar-refractivity contribution < 1.29 is 24.6 Å². The molecule has 0 spiro atoms. The summed E-state index contributed by atoms with van der Waals surface area (Å²) in [4.78, 5) is 27.5. The van der Waals surface area contributed by atoms with Gasteiger partial charge in [-0.3, -0.25) is 9.68 Å². The summed E-state index contributed by atoms with van der Waals surface area (Å²) in [5, 5.41) is 17.3. The van der Waals surface area contributed by atoms with Crippen LogP contribution in [0.3, 0.4) is 0 Å². The van der Waals surface area contributed by atoms with E-state index >= 15 is 0 Å². The van der Waals surface area contributed by atoms with Crippen molar-refractivity contribution in [3.8, 4) is 0 Å². The highest BCUT2D eigenvalue weighted by Crippen LogP contribution is 2.23. The maximum atomic E-state index is 9.81. The molecule has 9 heteroatoms. The van der Waals surface area contributed by atoms with E-state index in [9.17, 15) is 20.2 Å². The molecule has 0 atom stereocenters. The van der Waals surface area contributed by atoms with Crippen LogP contribution >= 0.6 is 0 Å². The zero-order valence-corrected chi connectivity index (χ0v) is 5.67. The van der Waals surface area contributed by atoms with E-state index in [0.29, 0.717) is 0 Å². The van der Waals surface area contributed by atoms with Crippen LogP contribution in [-0.2, 0) is 14.4 Å². The Kier molecular flexibility index (Phi) is 1.95. The van der Waals surface area contributed by atoms with Gasteiger partial charge in [0, 0.05) is 0 Å². The van der Waals surface area contributed by atoms with Crippen molar-refractivity contribution in [2.45, 2.75) is 5.79 Å².